The quantitative estimate of drug-likeness (QED) is 0.637. The van der Waals surface area contributed by atoms with Crippen molar-refractivity contribution in [1.82, 2.24) is 4.98 Å². The average Bonchev–Trinajstić information content (AvgIpc) is 2.27. The third kappa shape index (κ3) is 2.51. The standard InChI is InChI=1S/C13H17N3.ClH/c1-4-10-7-11-6-8(2)5-9(3)12(11)15-13(10)16-14;/h5-7H,4,14H2,1-3H3,(H,15,16);1H. The number of aromatic nitrogens is 1. The SMILES string of the molecule is CCc1cc2cc(C)cc(C)c2nc1NN.Cl. The number of fused-ring (bicyclic) bond motifs is 1. The molecule has 4 heteroatoms. The summed E-state index contributed by atoms with van der Waals surface area (Å²) in [5, 5.41) is 1.19. The van der Waals surface area contributed by atoms with Gasteiger partial charge in [0, 0.05) is 5.39 Å². The maximum atomic E-state index is 5.48. The number of nitrogens with one attached hydrogen (secondary N) is 1. The van der Waals surface area contributed by atoms with Gasteiger partial charge in [0.15, 0.2) is 0 Å². The van der Waals surface area contributed by atoms with E-state index in [1.165, 1.54) is 16.5 Å². The molecule has 0 saturated carbocycles. The van der Waals surface area contributed by atoms with Crippen LogP contribution in [0.15, 0.2) is 18.2 Å². The molecular weight excluding hydrogens is 234 g/mol. The monoisotopic (exact) mass is 251 g/mol. The van der Waals surface area contributed by atoms with Crippen LogP contribution in [0.5, 0.6) is 0 Å². The zero-order chi connectivity index (χ0) is 11.7. The summed E-state index contributed by atoms with van der Waals surface area (Å²) >= 11 is 0. The topological polar surface area (TPSA) is 50.9 Å². The van der Waals surface area contributed by atoms with Gasteiger partial charge in [-0.05, 0) is 43.5 Å². The molecule has 0 spiro atoms. The Labute approximate surface area is 108 Å². The van der Waals surface area contributed by atoms with E-state index in [-0.39, 0.29) is 12.4 Å². The Hall–Kier alpha value is -1.32. The highest BCUT2D eigenvalue weighted by Gasteiger charge is 2.06. The van der Waals surface area contributed by atoms with Crippen molar-refractivity contribution < 1.29 is 0 Å². The van der Waals surface area contributed by atoms with Crippen LogP contribution in [0, 0.1) is 13.8 Å². The van der Waals surface area contributed by atoms with Gasteiger partial charge < -0.3 is 5.43 Å². The molecule has 0 amide bonds. The highest BCUT2D eigenvalue weighted by Crippen LogP contribution is 2.24. The van der Waals surface area contributed by atoms with Gasteiger partial charge in [0.1, 0.15) is 5.82 Å². The van der Waals surface area contributed by atoms with Crippen LogP contribution >= 0.6 is 12.4 Å². The Morgan fingerprint density at radius 3 is 2.53 bits per heavy atom. The summed E-state index contributed by atoms with van der Waals surface area (Å²) in [6.07, 6.45) is 0.926. The van der Waals surface area contributed by atoms with E-state index in [4.69, 9.17) is 5.84 Å². The average molecular weight is 252 g/mol. The molecule has 3 nitrogen and oxygen atoms in total. The normalized spacial score (nSPS) is 10.1. The van der Waals surface area contributed by atoms with Gasteiger partial charge in [0.25, 0.3) is 0 Å². The molecule has 1 aromatic carbocycles. The van der Waals surface area contributed by atoms with E-state index in [0.717, 1.165) is 23.3 Å². The third-order valence-electron chi connectivity index (χ3n) is 2.85. The number of rotatable bonds is 2. The van der Waals surface area contributed by atoms with Gasteiger partial charge in [0.05, 0.1) is 5.52 Å². The Kier molecular flexibility index (Phi) is 4.32. The number of nitrogens with zero attached hydrogens (tertiary/aromatic N) is 1. The number of pyridine rings is 1. The Balaban J connectivity index is 0.00000144. The van der Waals surface area contributed by atoms with Crippen molar-refractivity contribution in [3.63, 3.8) is 0 Å². The van der Waals surface area contributed by atoms with Crippen LogP contribution in [0.3, 0.4) is 0 Å². The summed E-state index contributed by atoms with van der Waals surface area (Å²) in [5.74, 6) is 6.26. The van der Waals surface area contributed by atoms with Crippen LogP contribution in [0.4, 0.5) is 5.82 Å². The second kappa shape index (κ2) is 5.34. The number of hydrazine groups is 1. The van der Waals surface area contributed by atoms with Crippen LogP contribution in [-0.4, -0.2) is 4.98 Å². The van der Waals surface area contributed by atoms with Crippen molar-refractivity contribution in [2.45, 2.75) is 27.2 Å². The molecule has 1 aromatic heterocycles. The summed E-state index contributed by atoms with van der Waals surface area (Å²) in [6, 6.07) is 6.47. The van der Waals surface area contributed by atoms with Gasteiger partial charge in [-0.2, -0.15) is 0 Å². The lowest BCUT2D eigenvalue weighted by Crippen LogP contribution is -2.11. The fraction of sp³-hybridized carbons (Fsp3) is 0.308. The van der Waals surface area contributed by atoms with E-state index >= 15 is 0 Å². The van der Waals surface area contributed by atoms with Crippen molar-refractivity contribution in [2.75, 3.05) is 5.43 Å². The van der Waals surface area contributed by atoms with Crippen LogP contribution in [-0.2, 0) is 6.42 Å². The molecule has 0 saturated heterocycles. The maximum Gasteiger partial charge on any atom is 0.143 e. The summed E-state index contributed by atoms with van der Waals surface area (Å²) < 4.78 is 0. The first-order chi connectivity index (χ1) is 7.65. The molecule has 0 unspecified atom stereocenters. The van der Waals surface area contributed by atoms with Crippen molar-refractivity contribution in [1.29, 1.82) is 0 Å². The maximum absolute atomic E-state index is 5.48. The van der Waals surface area contributed by atoms with Crippen LogP contribution < -0.4 is 11.3 Å². The lowest BCUT2D eigenvalue weighted by atomic mass is 10.0. The highest BCUT2D eigenvalue weighted by molar-refractivity contribution is 5.85. The minimum absolute atomic E-state index is 0. The molecule has 0 radical (unpaired) electrons. The largest absolute Gasteiger partial charge is 0.308 e. The third-order valence-corrected chi connectivity index (χ3v) is 2.85. The van der Waals surface area contributed by atoms with E-state index in [1.807, 2.05) is 0 Å². The molecule has 0 bridgehead atoms. The fourth-order valence-electron chi connectivity index (χ4n) is 2.09. The number of anilines is 1. The first-order valence-corrected chi connectivity index (χ1v) is 5.53. The van der Waals surface area contributed by atoms with E-state index < -0.39 is 0 Å². The zero-order valence-corrected chi connectivity index (χ0v) is 11.2. The lowest BCUT2D eigenvalue weighted by molar-refractivity contribution is 1.10. The van der Waals surface area contributed by atoms with Gasteiger partial charge >= 0.3 is 0 Å². The Morgan fingerprint density at radius 1 is 1.24 bits per heavy atom. The molecule has 17 heavy (non-hydrogen) atoms. The molecule has 2 rings (SSSR count). The second-order valence-corrected chi connectivity index (χ2v) is 4.15. The van der Waals surface area contributed by atoms with Gasteiger partial charge in [-0.25, -0.2) is 10.8 Å². The fourth-order valence-corrected chi connectivity index (χ4v) is 2.09. The number of halogens is 1. The van der Waals surface area contributed by atoms with Gasteiger partial charge in [-0.15, -0.1) is 12.4 Å². The van der Waals surface area contributed by atoms with Crippen molar-refractivity contribution in [3.05, 3.63) is 34.9 Å². The van der Waals surface area contributed by atoms with E-state index in [2.05, 4.69) is 49.4 Å². The van der Waals surface area contributed by atoms with E-state index in [0.29, 0.717) is 0 Å². The minimum atomic E-state index is 0. The van der Waals surface area contributed by atoms with Crippen LogP contribution in [0.2, 0.25) is 0 Å². The molecule has 92 valence electrons. The molecule has 0 atom stereocenters. The van der Waals surface area contributed by atoms with Crippen molar-refractivity contribution in [3.8, 4) is 0 Å². The van der Waals surface area contributed by atoms with Crippen LogP contribution in [0.25, 0.3) is 10.9 Å². The number of hydrogen-bond donors (Lipinski definition) is 2. The summed E-state index contributed by atoms with van der Waals surface area (Å²) in [6.45, 7) is 6.29. The first kappa shape index (κ1) is 13.7. The smallest absolute Gasteiger partial charge is 0.143 e. The number of nitrogens with two attached hydrogens (primary N) is 1. The Morgan fingerprint density at radius 2 is 1.94 bits per heavy atom. The molecule has 1 heterocycles. The molecule has 0 aliphatic carbocycles. The lowest BCUT2D eigenvalue weighted by Gasteiger charge is -2.10. The predicted octanol–water partition coefficient (Wildman–Crippen LogP) is 3.12. The van der Waals surface area contributed by atoms with Crippen LogP contribution in [0.1, 0.15) is 23.6 Å². The van der Waals surface area contributed by atoms with Gasteiger partial charge in [0.2, 0.25) is 0 Å². The number of benzene rings is 1. The van der Waals surface area contributed by atoms with E-state index in [9.17, 15) is 0 Å². The molecule has 0 fully saturated rings. The summed E-state index contributed by atoms with van der Waals surface area (Å²) in [5.41, 5.74) is 7.30. The molecule has 0 aliphatic heterocycles. The van der Waals surface area contributed by atoms with E-state index in [1.54, 1.807) is 0 Å². The summed E-state index contributed by atoms with van der Waals surface area (Å²) in [7, 11) is 0. The molecule has 3 N–H and O–H groups in total. The number of aryl methyl sites for hydroxylation is 3. The van der Waals surface area contributed by atoms with Crippen molar-refractivity contribution in [2.24, 2.45) is 5.84 Å². The number of nitrogen functional groups attached to an aromatic ring is 1. The molecule has 2 aromatic rings. The van der Waals surface area contributed by atoms with Crippen molar-refractivity contribution >= 4 is 29.1 Å². The van der Waals surface area contributed by atoms with Gasteiger partial charge in [-0.3, -0.25) is 0 Å². The minimum Gasteiger partial charge on any atom is -0.308 e. The first-order valence-electron chi connectivity index (χ1n) is 5.53. The zero-order valence-electron chi connectivity index (χ0n) is 10.4. The highest BCUT2D eigenvalue weighted by atomic mass is 35.5. The predicted molar refractivity (Wildman–Crippen MR) is 75.7 cm³/mol. The van der Waals surface area contributed by atoms with Gasteiger partial charge in [-0.1, -0.05) is 18.6 Å². The summed E-state index contributed by atoms with van der Waals surface area (Å²) in [4.78, 5) is 4.57. The molecular formula is C13H18ClN3. The molecule has 0 aliphatic rings. The second-order valence-electron chi connectivity index (χ2n) is 4.15. The number of hydrogen-bond acceptors (Lipinski definition) is 3. The Bertz CT molecular complexity index is 538.